The topological polar surface area (TPSA) is 86.8 Å². The van der Waals surface area contributed by atoms with Crippen molar-refractivity contribution in [1.82, 2.24) is 10.2 Å². The minimum Gasteiger partial charge on any atom is -0.357 e. The van der Waals surface area contributed by atoms with Gasteiger partial charge in [-0.3, -0.25) is 13.9 Å². The molecule has 3 aromatic carbocycles. The van der Waals surface area contributed by atoms with Crippen LogP contribution < -0.4 is 9.62 Å². The number of likely N-dealkylation sites (N-methyl/N-ethyl adjacent to an activating group) is 1. The molecule has 3 aromatic rings. The Morgan fingerprint density at radius 1 is 0.952 bits per heavy atom. The number of anilines is 1. The molecule has 0 aromatic heterocycles. The summed E-state index contributed by atoms with van der Waals surface area (Å²) >= 11 is 12.8. The van der Waals surface area contributed by atoms with E-state index in [0.717, 1.165) is 34.3 Å². The van der Waals surface area contributed by atoms with Crippen molar-refractivity contribution in [2.24, 2.45) is 0 Å². The number of rotatable bonds is 12. The number of hydrogen-bond donors (Lipinski definition) is 1. The van der Waals surface area contributed by atoms with Gasteiger partial charge in [0.25, 0.3) is 0 Å². The molecular weight excluding hydrogens is 614 g/mol. The highest BCUT2D eigenvalue weighted by Crippen LogP contribution is 2.32. The monoisotopic (exact) mass is 643 g/mol. The van der Waals surface area contributed by atoms with Crippen LogP contribution in [-0.2, 0) is 38.8 Å². The number of sulfonamides is 1. The van der Waals surface area contributed by atoms with Crippen LogP contribution in [-0.4, -0.2) is 51.0 Å². The summed E-state index contributed by atoms with van der Waals surface area (Å²) in [5.41, 5.74) is 0.0495. The lowest BCUT2D eigenvalue weighted by atomic mass is 10.0. The van der Waals surface area contributed by atoms with E-state index in [9.17, 15) is 31.2 Å². The van der Waals surface area contributed by atoms with Gasteiger partial charge in [0, 0.05) is 48.6 Å². The highest BCUT2D eigenvalue weighted by Gasteiger charge is 2.33. The van der Waals surface area contributed by atoms with Gasteiger partial charge in [-0.15, -0.1) is 0 Å². The zero-order chi connectivity index (χ0) is 31.1. The fraction of sp³-hybridized carbons (Fsp3) is 0.310. The molecule has 0 heterocycles. The molecule has 0 unspecified atom stereocenters. The van der Waals surface area contributed by atoms with Crippen molar-refractivity contribution < 1.29 is 31.2 Å². The van der Waals surface area contributed by atoms with Crippen LogP contribution in [0, 0.1) is 0 Å². The second-order valence-corrected chi connectivity index (χ2v) is 12.2. The Balaban J connectivity index is 1.90. The van der Waals surface area contributed by atoms with E-state index >= 15 is 0 Å². The van der Waals surface area contributed by atoms with Gasteiger partial charge in [-0.2, -0.15) is 13.2 Å². The average molecular weight is 645 g/mol. The molecule has 0 aliphatic carbocycles. The molecule has 42 heavy (non-hydrogen) atoms. The Kier molecular flexibility index (Phi) is 11.3. The summed E-state index contributed by atoms with van der Waals surface area (Å²) < 4.78 is 65.7. The molecule has 1 atom stereocenters. The Hall–Kier alpha value is -3.28. The molecule has 0 radical (unpaired) electrons. The van der Waals surface area contributed by atoms with Crippen LogP contribution >= 0.6 is 23.2 Å². The maximum atomic E-state index is 13.7. The number of benzene rings is 3. The van der Waals surface area contributed by atoms with Gasteiger partial charge in [0.05, 0.1) is 17.5 Å². The predicted molar refractivity (Wildman–Crippen MR) is 158 cm³/mol. The van der Waals surface area contributed by atoms with Crippen molar-refractivity contribution >= 4 is 50.7 Å². The van der Waals surface area contributed by atoms with E-state index in [2.05, 4.69) is 5.32 Å². The fourth-order valence-electron chi connectivity index (χ4n) is 4.42. The van der Waals surface area contributed by atoms with E-state index in [0.29, 0.717) is 15.6 Å². The van der Waals surface area contributed by atoms with E-state index in [1.54, 1.807) is 30.3 Å². The lowest BCUT2D eigenvalue weighted by molar-refractivity contribution is -0.141. The maximum absolute atomic E-state index is 13.7. The van der Waals surface area contributed by atoms with Crippen molar-refractivity contribution in [2.45, 2.75) is 38.0 Å². The van der Waals surface area contributed by atoms with Crippen molar-refractivity contribution in [3.05, 3.63) is 99.5 Å². The first-order chi connectivity index (χ1) is 19.7. The van der Waals surface area contributed by atoms with Crippen LogP contribution in [0.4, 0.5) is 18.9 Å². The third-order valence-electron chi connectivity index (χ3n) is 6.52. The normalized spacial score (nSPS) is 12.5. The molecule has 13 heteroatoms. The lowest BCUT2D eigenvalue weighted by Gasteiger charge is -2.32. The number of carbonyl (C=O) groups is 2. The zero-order valence-electron chi connectivity index (χ0n) is 22.9. The van der Waals surface area contributed by atoms with Crippen molar-refractivity contribution in [1.29, 1.82) is 0 Å². The third-order valence-corrected chi connectivity index (χ3v) is 8.42. The van der Waals surface area contributed by atoms with Crippen LogP contribution in [0.3, 0.4) is 0 Å². The van der Waals surface area contributed by atoms with E-state index in [4.69, 9.17) is 23.2 Å². The summed E-state index contributed by atoms with van der Waals surface area (Å²) in [5, 5.41) is 3.18. The van der Waals surface area contributed by atoms with Crippen molar-refractivity contribution in [3.8, 4) is 0 Å². The fourth-order valence-corrected chi connectivity index (χ4v) is 5.89. The smallest absolute Gasteiger partial charge is 0.357 e. The molecular formula is C29H30Cl2F3N3O4S. The van der Waals surface area contributed by atoms with Gasteiger partial charge >= 0.3 is 6.18 Å². The van der Waals surface area contributed by atoms with Crippen LogP contribution in [0.25, 0.3) is 0 Å². The molecule has 0 fully saturated rings. The highest BCUT2D eigenvalue weighted by atomic mass is 35.5. The summed E-state index contributed by atoms with van der Waals surface area (Å²) in [4.78, 5) is 28.1. The molecule has 0 bridgehead atoms. The number of amides is 2. The number of nitrogens with zero attached hydrogens (tertiary/aromatic N) is 2. The van der Waals surface area contributed by atoms with Crippen LogP contribution in [0.5, 0.6) is 0 Å². The number of hydrogen-bond acceptors (Lipinski definition) is 4. The number of nitrogens with one attached hydrogen (secondary N) is 1. The molecule has 0 saturated carbocycles. The highest BCUT2D eigenvalue weighted by molar-refractivity contribution is 7.92. The maximum Gasteiger partial charge on any atom is 0.416 e. The average Bonchev–Trinajstić information content (AvgIpc) is 2.93. The Bertz CT molecular complexity index is 1490. The van der Waals surface area contributed by atoms with Gasteiger partial charge in [0.2, 0.25) is 21.8 Å². The SMILES string of the molecule is CNC(=O)[C@@H](Cc1ccccc1)N(Cc1c(Cl)cccc1Cl)C(=O)CCCN(c1cccc(C(F)(F)F)c1)S(C)(=O)=O. The van der Waals surface area contributed by atoms with Crippen molar-refractivity contribution in [3.63, 3.8) is 0 Å². The molecule has 0 aliphatic rings. The summed E-state index contributed by atoms with van der Waals surface area (Å²) in [6, 6.07) is 16.9. The Morgan fingerprint density at radius 3 is 2.14 bits per heavy atom. The predicted octanol–water partition coefficient (Wildman–Crippen LogP) is 5.94. The molecule has 2 amide bonds. The molecule has 1 N–H and O–H groups in total. The number of halogens is 5. The van der Waals surface area contributed by atoms with Gasteiger partial charge in [-0.1, -0.05) is 65.7 Å². The first-order valence-corrected chi connectivity index (χ1v) is 15.5. The summed E-state index contributed by atoms with van der Waals surface area (Å²) in [5.74, 6) is -0.926. The standard InChI is InChI=1S/C29H30Cl2F3N3O4S/c1-35-28(39)26(17-20-9-4-3-5-10-20)36(19-23-24(30)13-7-14-25(23)31)27(38)15-8-16-37(42(2,40)41)22-12-6-11-21(18-22)29(32,33)34/h3-7,9-14,18,26H,8,15-17,19H2,1-2H3,(H,35,39)/t26-/m1/s1. The lowest BCUT2D eigenvalue weighted by Crippen LogP contribution is -2.50. The molecule has 3 rings (SSSR count). The minimum atomic E-state index is -4.66. The second kappa shape index (κ2) is 14.3. The second-order valence-electron chi connectivity index (χ2n) is 9.53. The first kappa shape index (κ1) is 33.2. The zero-order valence-corrected chi connectivity index (χ0v) is 25.2. The van der Waals surface area contributed by atoms with Crippen LogP contribution in [0.2, 0.25) is 10.0 Å². The molecule has 0 spiro atoms. The number of alkyl halides is 3. The third kappa shape index (κ3) is 8.86. The molecule has 226 valence electrons. The largest absolute Gasteiger partial charge is 0.416 e. The molecule has 0 saturated heterocycles. The van der Waals surface area contributed by atoms with E-state index in [1.807, 2.05) is 18.2 Å². The molecule has 0 aliphatic heterocycles. The van der Waals surface area contributed by atoms with Gasteiger partial charge < -0.3 is 10.2 Å². The summed E-state index contributed by atoms with van der Waals surface area (Å²) in [7, 11) is -2.54. The van der Waals surface area contributed by atoms with Gasteiger partial charge in [0.15, 0.2) is 0 Å². The van der Waals surface area contributed by atoms with Gasteiger partial charge in [-0.25, -0.2) is 8.42 Å². The van der Waals surface area contributed by atoms with E-state index < -0.39 is 39.6 Å². The van der Waals surface area contributed by atoms with Crippen LogP contribution in [0.15, 0.2) is 72.8 Å². The number of carbonyl (C=O) groups excluding carboxylic acids is 2. The van der Waals surface area contributed by atoms with E-state index in [1.165, 1.54) is 18.0 Å². The Labute approximate surface area is 253 Å². The summed E-state index contributed by atoms with van der Waals surface area (Å²) in [6.07, 6.45) is -3.87. The quantitative estimate of drug-likeness (QED) is 0.264. The van der Waals surface area contributed by atoms with Crippen molar-refractivity contribution in [2.75, 3.05) is 24.2 Å². The first-order valence-electron chi connectivity index (χ1n) is 12.8. The molecule has 7 nitrogen and oxygen atoms in total. The van der Waals surface area contributed by atoms with Gasteiger partial charge in [-0.05, 0) is 42.3 Å². The van der Waals surface area contributed by atoms with Crippen LogP contribution in [0.1, 0.15) is 29.5 Å². The van der Waals surface area contributed by atoms with E-state index in [-0.39, 0.29) is 38.0 Å². The Morgan fingerprint density at radius 2 is 1.57 bits per heavy atom. The minimum absolute atomic E-state index is 0.0410. The van der Waals surface area contributed by atoms with Gasteiger partial charge in [0.1, 0.15) is 6.04 Å². The summed E-state index contributed by atoms with van der Waals surface area (Å²) in [6.45, 7) is -0.373.